The summed E-state index contributed by atoms with van der Waals surface area (Å²) in [5, 5.41) is 12.4. The van der Waals surface area contributed by atoms with Crippen molar-refractivity contribution in [1.29, 1.82) is 5.26 Å². The van der Waals surface area contributed by atoms with E-state index in [0.717, 1.165) is 22.7 Å². The summed E-state index contributed by atoms with van der Waals surface area (Å²) >= 11 is 1.60. The van der Waals surface area contributed by atoms with Gasteiger partial charge in [-0.2, -0.15) is 5.26 Å². The number of hydrogen-bond acceptors (Lipinski definition) is 3. The Labute approximate surface area is 101 Å². The predicted molar refractivity (Wildman–Crippen MR) is 70.9 cm³/mol. The van der Waals surface area contributed by atoms with Gasteiger partial charge in [0.15, 0.2) is 0 Å². The zero-order valence-corrected chi connectivity index (χ0v) is 10.7. The van der Waals surface area contributed by atoms with Crippen LogP contribution in [0.1, 0.15) is 19.4 Å². The Morgan fingerprint density at radius 2 is 2.25 bits per heavy atom. The van der Waals surface area contributed by atoms with Crippen molar-refractivity contribution in [2.75, 3.05) is 18.1 Å². The fraction of sp³-hybridized carbons (Fsp3) is 0.308. The Balaban J connectivity index is 2.88. The Morgan fingerprint density at radius 1 is 1.50 bits per heavy atom. The van der Waals surface area contributed by atoms with Gasteiger partial charge in [0, 0.05) is 11.4 Å². The SMILES string of the molecule is CSc1cccc(NCC=C(C)C)c1C#N. The van der Waals surface area contributed by atoms with E-state index in [2.05, 4.69) is 31.3 Å². The van der Waals surface area contributed by atoms with Gasteiger partial charge in [0.25, 0.3) is 0 Å². The molecular formula is C13H16N2S. The number of nitriles is 1. The van der Waals surface area contributed by atoms with E-state index < -0.39 is 0 Å². The number of anilines is 1. The maximum atomic E-state index is 9.12. The molecule has 0 heterocycles. The van der Waals surface area contributed by atoms with Crippen molar-refractivity contribution in [3.8, 4) is 6.07 Å². The monoisotopic (exact) mass is 232 g/mol. The zero-order chi connectivity index (χ0) is 12.0. The normalized spacial score (nSPS) is 9.38. The van der Waals surface area contributed by atoms with Crippen LogP contribution in [0.5, 0.6) is 0 Å². The molecule has 3 heteroatoms. The molecule has 0 unspecified atom stereocenters. The fourth-order valence-corrected chi connectivity index (χ4v) is 1.90. The molecule has 0 saturated heterocycles. The molecule has 1 aromatic carbocycles. The first-order valence-corrected chi connectivity index (χ1v) is 6.36. The van der Waals surface area contributed by atoms with E-state index in [4.69, 9.17) is 5.26 Å². The minimum atomic E-state index is 0.733. The summed E-state index contributed by atoms with van der Waals surface area (Å²) in [7, 11) is 0. The predicted octanol–water partition coefficient (Wildman–Crippen LogP) is 3.66. The molecule has 16 heavy (non-hydrogen) atoms. The lowest BCUT2D eigenvalue weighted by atomic mass is 10.2. The second-order valence-electron chi connectivity index (χ2n) is 3.66. The highest BCUT2D eigenvalue weighted by Crippen LogP contribution is 2.26. The van der Waals surface area contributed by atoms with Gasteiger partial charge in [-0.3, -0.25) is 0 Å². The molecule has 0 aliphatic heterocycles. The molecule has 0 aliphatic rings. The van der Waals surface area contributed by atoms with Gasteiger partial charge in [0.05, 0.1) is 11.3 Å². The highest BCUT2D eigenvalue weighted by molar-refractivity contribution is 7.98. The van der Waals surface area contributed by atoms with Crippen molar-refractivity contribution in [3.63, 3.8) is 0 Å². The number of nitrogens with one attached hydrogen (secondary N) is 1. The molecule has 0 saturated carbocycles. The maximum absolute atomic E-state index is 9.12. The van der Waals surface area contributed by atoms with Gasteiger partial charge >= 0.3 is 0 Å². The van der Waals surface area contributed by atoms with E-state index in [1.807, 2.05) is 24.5 Å². The van der Waals surface area contributed by atoms with E-state index in [-0.39, 0.29) is 0 Å². The van der Waals surface area contributed by atoms with Crippen molar-refractivity contribution in [3.05, 3.63) is 35.4 Å². The summed E-state index contributed by atoms with van der Waals surface area (Å²) in [5.41, 5.74) is 2.91. The number of benzene rings is 1. The lowest BCUT2D eigenvalue weighted by Crippen LogP contribution is -2.01. The van der Waals surface area contributed by atoms with Crippen LogP contribution in [0.25, 0.3) is 0 Å². The van der Waals surface area contributed by atoms with Crippen LogP contribution in [0, 0.1) is 11.3 Å². The van der Waals surface area contributed by atoms with Crippen LogP contribution >= 0.6 is 11.8 Å². The van der Waals surface area contributed by atoms with Crippen molar-refractivity contribution in [2.24, 2.45) is 0 Å². The third-order valence-corrected chi connectivity index (χ3v) is 2.94. The summed E-state index contributed by atoms with van der Waals surface area (Å²) in [4.78, 5) is 1.02. The Hall–Kier alpha value is -1.40. The lowest BCUT2D eigenvalue weighted by Gasteiger charge is -2.08. The van der Waals surface area contributed by atoms with Gasteiger partial charge in [-0.1, -0.05) is 17.7 Å². The first kappa shape index (κ1) is 12.7. The largest absolute Gasteiger partial charge is 0.380 e. The Morgan fingerprint density at radius 3 is 2.81 bits per heavy atom. The molecule has 2 nitrogen and oxygen atoms in total. The number of hydrogen-bond donors (Lipinski definition) is 1. The topological polar surface area (TPSA) is 35.8 Å². The fourth-order valence-electron chi connectivity index (χ4n) is 1.33. The summed E-state index contributed by atoms with van der Waals surface area (Å²) in [6, 6.07) is 8.13. The van der Waals surface area contributed by atoms with Crippen molar-refractivity contribution >= 4 is 17.4 Å². The van der Waals surface area contributed by atoms with Gasteiger partial charge in [-0.05, 0) is 32.2 Å². The molecule has 0 amide bonds. The standard InChI is InChI=1S/C13H16N2S/c1-10(2)7-8-15-12-5-4-6-13(16-3)11(12)9-14/h4-7,15H,8H2,1-3H3. The average molecular weight is 232 g/mol. The van der Waals surface area contributed by atoms with E-state index in [9.17, 15) is 0 Å². The average Bonchev–Trinajstić information content (AvgIpc) is 2.28. The van der Waals surface area contributed by atoms with Crippen LogP contribution in [0.3, 0.4) is 0 Å². The molecule has 0 spiro atoms. The highest BCUT2D eigenvalue weighted by atomic mass is 32.2. The van der Waals surface area contributed by atoms with E-state index in [0.29, 0.717) is 0 Å². The number of thioether (sulfide) groups is 1. The number of allylic oxidation sites excluding steroid dienone is 1. The molecule has 0 radical (unpaired) electrons. The first-order chi connectivity index (χ1) is 7.69. The molecule has 0 atom stereocenters. The molecule has 1 aromatic rings. The summed E-state index contributed by atoms with van der Waals surface area (Å²) < 4.78 is 0. The number of nitrogens with zero attached hydrogens (tertiary/aromatic N) is 1. The Bertz CT molecular complexity index is 426. The summed E-state index contributed by atoms with van der Waals surface area (Å²) in [5.74, 6) is 0. The van der Waals surface area contributed by atoms with Gasteiger partial charge in [0.1, 0.15) is 6.07 Å². The van der Waals surface area contributed by atoms with Gasteiger partial charge in [-0.25, -0.2) is 0 Å². The second-order valence-corrected chi connectivity index (χ2v) is 4.51. The smallest absolute Gasteiger partial charge is 0.102 e. The molecular weight excluding hydrogens is 216 g/mol. The quantitative estimate of drug-likeness (QED) is 0.635. The minimum absolute atomic E-state index is 0.733. The van der Waals surface area contributed by atoms with Crippen LogP contribution in [0.2, 0.25) is 0 Å². The highest BCUT2D eigenvalue weighted by Gasteiger charge is 2.05. The minimum Gasteiger partial charge on any atom is -0.380 e. The lowest BCUT2D eigenvalue weighted by molar-refractivity contribution is 1.24. The number of rotatable bonds is 4. The maximum Gasteiger partial charge on any atom is 0.102 e. The van der Waals surface area contributed by atoms with E-state index in [1.54, 1.807) is 11.8 Å². The van der Waals surface area contributed by atoms with Gasteiger partial charge in [0.2, 0.25) is 0 Å². The summed E-state index contributed by atoms with van der Waals surface area (Å²) in [6.45, 7) is 4.88. The van der Waals surface area contributed by atoms with Crippen molar-refractivity contribution in [2.45, 2.75) is 18.7 Å². The van der Waals surface area contributed by atoms with Gasteiger partial charge in [-0.15, -0.1) is 11.8 Å². The molecule has 1 rings (SSSR count). The first-order valence-electron chi connectivity index (χ1n) is 5.13. The van der Waals surface area contributed by atoms with Crippen LogP contribution in [0.4, 0.5) is 5.69 Å². The molecule has 84 valence electrons. The van der Waals surface area contributed by atoms with Crippen LogP contribution in [-0.4, -0.2) is 12.8 Å². The van der Waals surface area contributed by atoms with Gasteiger partial charge < -0.3 is 5.32 Å². The third kappa shape index (κ3) is 3.32. The molecule has 0 aromatic heterocycles. The Kier molecular flexibility index (Phi) is 4.94. The van der Waals surface area contributed by atoms with Crippen LogP contribution in [0.15, 0.2) is 34.7 Å². The molecule has 0 bridgehead atoms. The molecule has 0 aliphatic carbocycles. The van der Waals surface area contributed by atoms with E-state index in [1.165, 1.54) is 5.57 Å². The molecule has 0 fully saturated rings. The second kappa shape index (κ2) is 6.24. The zero-order valence-electron chi connectivity index (χ0n) is 9.87. The van der Waals surface area contributed by atoms with Crippen LogP contribution in [-0.2, 0) is 0 Å². The van der Waals surface area contributed by atoms with E-state index >= 15 is 0 Å². The van der Waals surface area contributed by atoms with Crippen molar-refractivity contribution in [1.82, 2.24) is 0 Å². The third-order valence-electron chi connectivity index (χ3n) is 2.16. The van der Waals surface area contributed by atoms with Crippen LogP contribution < -0.4 is 5.32 Å². The summed E-state index contributed by atoms with van der Waals surface area (Å²) in [6.07, 6.45) is 4.09. The molecule has 1 N–H and O–H groups in total. The van der Waals surface area contributed by atoms with Crippen molar-refractivity contribution < 1.29 is 0 Å².